The smallest absolute Gasteiger partial charge is 0.185 e. The Morgan fingerprint density at radius 2 is 2.16 bits per heavy atom. The number of aromatic nitrogens is 4. The number of hydrogen-bond donors (Lipinski definition) is 1. The van der Waals surface area contributed by atoms with Gasteiger partial charge < -0.3 is 10.5 Å². The molecule has 0 amide bonds. The van der Waals surface area contributed by atoms with Crippen molar-refractivity contribution in [1.82, 2.24) is 20.2 Å². The summed E-state index contributed by atoms with van der Waals surface area (Å²) in [6, 6.07) is 4.42. The van der Waals surface area contributed by atoms with Gasteiger partial charge in [0.15, 0.2) is 5.82 Å². The average molecular weight is 265 g/mol. The SMILES string of the molecule is COCC(C)(C)n1nnnc1-c1ccc(N)cc1F. The third-order valence-corrected chi connectivity index (χ3v) is 2.77. The molecule has 0 aliphatic carbocycles. The molecule has 1 heterocycles. The third-order valence-electron chi connectivity index (χ3n) is 2.77. The Hall–Kier alpha value is -2.02. The molecule has 0 saturated heterocycles. The van der Waals surface area contributed by atoms with Gasteiger partial charge in [-0.2, -0.15) is 0 Å². The van der Waals surface area contributed by atoms with Crippen molar-refractivity contribution in [3.63, 3.8) is 0 Å². The maximum atomic E-state index is 13.9. The monoisotopic (exact) mass is 265 g/mol. The molecular weight excluding hydrogens is 249 g/mol. The number of methoxy groups -OCH3 is 1. The van der Waals surface area contributed by atoms with Gasteiger partial charge in [0, 0.05) is 12.8 Å². The first-order valence-corrected chi connectivity index (χ1v) is 5.79. The second-order valence-corrected chi connectivity index (χ2v) is 4.90. The van der Waals surface area contributed by atoms with Gasteiger partial charge in [0.1, 0.15) is 5.82 Å². The van der Waals surface area contributed by atoms with Gasteiger partial charge in [0.2, 0.25) is 0 Å². The predicted molar refractivity (Wildman–Crippen MR) is 68.8 cm³/mol. The highest BCUT2D eigenvalue weighted by Gasteiger charge is 2.27. The number of hydrogen-bond acceptors (Lipinski definition) is 5. The second kappa shape index (κ2) is 4.93. The minimum absolute atomic E-state index is 0.309. The molecule has 102 valence electrons. The van der Waals surface area contributed by atoms with Crippen LogP contribution in [0.2, 0.25) is 0 Å². The molecule has 19 heavy (non-hydrogen) atoms. The van der Waals surface area contributed by atoms with Crippen LogP contribution in [0.4, 0.5) is 10.1 Å². The molecule has 2 N–H and O–H groups in total. The van der Waals surface area contributed by atoms with Crippen LogP contribution < -0.4 is 5.73 Å². The lowest BCUT2D eigenvalue weighted by Gasteiger charge is -2.24. The largest absolute Gasteiger partial charge is 0.399 e. The zero-order valence-corrected chi connectivity index (χ0v) is 11.1. The number of rotatable bonds is 4. The quantitative estimate of drug-likeness (QED) is 0.846. The molecule has 7 heteroatoms. The van der Waals surface area contributed by atoms with Crippen molar-refractivity contribution < 1.29 is 9.13 Å². The summed E-state index contributed by atoms with van der Waals surface area (Å²) in [7, 11) is 1.59. The summed E-state index contributed by atoms with van der Waals surface area (Å²) in [5.41, 5.74) is 5.72. The summed E-state index contributed by atoms with van der Waals surface area (Å²) in [5, 5.41) is 11.4. The molecule has 0 saturated carbocycles. The summed E-state index contributed by atoms with van der Waals surface area (Å²) in [5.74, 6) is -0.108. The molecule has 6 nitrogen and oxygen atoms in total. The Balaban J connectivity index is 2.50. The lowest BCUT2D eigenvalue weighted by molar-refractivity contribution is 0.101. The van der Waals surface area contributed by atoms with E-state index in [9.17, 15) is 4.39 Å². The van der Waals surface area contributed by atoms with Gasteiger partial charge in [0.25, 0.3) is 0 Å². The summed E-state index contributed by atoms with van der Waals surface area (Å²) < 4.78 is 20.6. The fraction of sp³-hybridized carbons (Fsp3) is 0.417. The van der Waals surface area contributed by atoms with Gasteiger partial charge >= 0.3 is 0 Å². The number of nitrogens with two attached hydrogens (primary N) is 1. The number of anilines is 1. The summed E-state index contributed by atoms with van der Waals surface area (Å²) in [4.78, 5) is 0. The van der Waals surface area contributed by atoms with E-state index in [0.717, 1.165) is 0 Å². The molecule has 0 fully saturated rings. The first-order valence-electron chi connectivity index (χ1n) is 5.79. The standard InChI is InChI=1S/C12H16FN5O/c1-12(2,7-19-3)18-11(15-16-17-18)9-5-4-8(14)6-10(9)13/h4-6H,7,14H2,1-3H3. The van der Waals surface area contributed by atoms with Gasteiger partial charge in [-0.05, 0) is 42.5 Å². The van der Waals surface area contributed by atoms with E-state index in [1.165, 1.54) is 6.07 Å². The van der Waals surface area contributed by atoms with Gasteiger partial charge in [-0.1, -0.05) is 0 Å². The van der Waals surface area contributed by atoms with Crippen LogP contribution in [0.1, 0.15) is 13.8 Å². The van der Waals surface area contributed by atoms with E-state index in [1.807, 2.05) is 13.8 Å². The van der Waals surface area contributed by atoms with E-state index in [-0.39, 0.29) is 0 Å². The molecule has 2 rings (SSSR count). The summed E-state index contributed by atoms with van der Waals surface area (Å²) >= 11 is 0. The fourth-order valence-electron chi connectivity index (χ4n) is 1.89. The van der Waals surface area contributed by atoms with E-state index in [4.69, 9.17) is 10.5 Å². The Morgan fingerprint density at radius 1 is 1.42 bits per heavy atom. The molecule has 1 aromatic heterocycles. The Kier molecular flexibility index (Phi) is 3.48. The molecule has 0 atom stereocenters. The number of nitrogen functional groups attached to an aromatic ring is 1. The maximum Gasteiger partial charge on any atom is 0.185 e. The van der Waals surface area contributed by atoms with E-state index < -0.39 is 11.4 Å². The number of tetrazole rings is 1. The number of nitrogens with zero attached hydrogens (tertiary/aromatic N) is 4. The molecule has 0 spiro atoms. The van der Waals surface area contributed by atoms with Gasteiger partial charge in [-0.15, -0.1) is 5.10 Å². The van der Waals surface area contributed by atoms with Crippen molar-refractivity contribution in [2.45, 2.75) is 19.4 Å². The predicted octanol–water partition coefficient (Wildman–Crippen LogP) is 1.44. The topological polar surface area (TPSA) is 78.8 Å². The Bertz CT molecular complexity index is 581. The lowest BCUT2D eigenvalue weighted by Crippen LogP contribution is -2.33. The van der Waals surface area contributed by atoms with Crippen molar-refractivity contribution in [3.05, 3.63) is 24.0 Å². The van der Waals surface area contributed by atoms with Crippen LogP contribution >= 0.6 is 0 Å². The molecule has 0 bridgehead atoms. The highest BCUT2D eigenvalue weighted by atomic mass is 19.1. The van der Waals surface area contributed by atoms with Crippen molar-refractivity contribution in [1.29, 1.82) is 0 Å². The summed E-state index contributed by atoms with van der Waals surface area (Å²) in [6.45, 7) is 4.22. The van der Waals surface area contributed by atoms with Crippen LogP contribution in [0.15, 0.2) is 18.2 Å². The fourth-order valence-corrected chi connectivity index (χ4v) is 1.89. The van der Waals surface area contributed by atoms with Crippen LogP contribution in [0.5, 0.6) is 0 Å². The first kappa shape index (κ1) is 13.4. The molecule has 1 aromatic carbocycles. The van der Waals surface area contributed by atoms with Gasteiger partial charge in [-0.3, -0.25) is 0 Å². The lowest BCUT2D eigenvalue weighted by atomic mass is 10.1. The molecular formula is C12H16FN5O. The van der Waals surface area contributed by atoms with E-state index in [1.54, 1.807) is 23.9 Å². The molecule has 0 radical (unpaired) electrons. The average Bonchev–Trinajstić information content (AvgIpc) is 2.78. The van der Waals surface area contributed by atoms with E-state index >= 15 is 0 Å². The first-order chi connectivity index (χ1) is 8.95. The molecule has 0 unspecified atom stereocenters. The minimum atomic E-state index is -0.485. The molecule has 0 aliphatic heterocycles. The van der Waals surface area contributed by atoms with Crippen LogP contribution in [0.3, 0.4) is 0 Å². The zero-order chi connectivity index (χ0) is 14.0. The van der Waals surface area contributed by atoms with E-state index in [0.29, 0.717) is 23.7 Å². The third kappa shape index (κ3) is 2.55. The highest BCUT2D eigenvalue weighted by Crippen LogP contribution is 2.26. The Morgan fingerprint density at radius 3 is 2.79 bits per heavy atom. The zero-order valence-electron chi connectivity index (χ0n) is 11.1. The van der Waals surface area contributed by atoms with Crippen LogP contribution in [0.25, 0.3) is 11.4 Å². The highest BCUT2D eigenvalue weighted by molar-refractivity contribution is 5.59. The maximum absolute atomic E-state index is 13.9. The van der Waals surface area contributed by atoms with Crippen molar-refractivity contribution in [2.75, 3.05) is 19.5 Å². The van der Waals surface area contributed by atoms with Crippen molar-refractivity contribution in [2.24, 2.45) is 0 Å². The van der Waals surface area contributed by atoms with Gasteiger partial charge in [0.05, 0.1) is 17.7 Å². The van der Waals surface area contributed by atoms with Crippen LogP contribution in [0, 0.1) is 5.82 Å². The van der Waals surface area contributed by atoms with Crippen molar-refractivity contribution >= 4 is 5.69 Å². The second-order valence-electron chi connectivity index (χ2n) is 4.90. The number of halogens is 1. The summed E-state index contributed by atoms with van der Waals surface area (Å²) in [6.07, 6.45) is 0. The number of benzene rings is 1. The minimum Gasteiger partial charge on any atom is -0.399 e. The normalized spacial score (nSPS) is 11.8. The van der Waals surface area contributed by atoms with Gasteiger partial charge in [-0.25, -0.2) is 9.07 Å². The Labute approximate surface area is 110 Å². The van der Waals surface area contributed by atoms with Crippen LogP contribution in [-0.2, 0) is 10.3 Å². The molecule has 2 aromatic rings. The number of ether oxygens (including phenoxy) is 1. The van der Waals surface area contributed by atoms with Crippen molar-refractivity contribution in [3.8, 4) is 11.4 Å². The molecule has 0 aliphatic rings. The van der Waals surface area contributed by atoms with Crippen LogP contribution in [-0.4, -0.2) is 33.9 Å². The van der Waals surface area contributed by atoms with E-state index in [2.05, 4.69) is 15.5 Å².